The minimum Gasteiger partial charge on any atom is -0.469 e. The van der Waals surface area contributed by atoms with E-state index >= 15 is 0 Å². The fourth-order valence-corrected chi connectivity index (χ4v) is 4.49. The van der Waals surface area contributed by atoms with Gasteiger partial charge in [0.25, 0.3) is 0 Å². The summed E-state index contributed by atoms with van der Waals surface area (Å²) in [5, 5.41) is 3.54. The summed E-state index contributed by atoms with van der Waals surface area (Å²) in [5.41, 5.74) is 3.44. The molecule has 1 unspecified atom stereocenters. The van der Waals surface area contributed by atoms with Crippen molar-refractivity contribution in [1.82, 2.24) is 9.88 Å². The minimum absolute atomic E-state index is 0.0414. The van der Waals surface area contributed by atoms with Crippen LogP contribution in [0.2, 0.25) is 0 Å². The van der Waals surface area contributed by atoms with Crippen molar-refractivity contribution < 1.29 is 4.74 Å². The molecule has 0 saturated carbocycles. The zero-order chi connectivity index (χ0) is 15.3. The lowest BCUT2D eigenvalue weighted by molar-refractivity contribution is -0.0814. The SMILES string of the molecule is c1ccc(Nc2ccnc3c2CC2(CN4CCC2CC4)O3)cc1. The molecule has 2 bridgehead atoms. The van der Waals surface area contributed by atoms with E-state index in [1.165, 1.54) is 31.5 Å². The molecule has 0 amide bonds. The molecule has 5 heterocycles. The van der Waals surface area contributed by atoms with Crippen LogP contribution in [0, 0.1) is 5.92 Å². The topological polar surface area (TPSA) is 37.4 Å². The highest BCUT2D eigenvalue weighted by atomic mass is 16.5. The predicted octanol–water partition coefficient (Wildman–Crippen LogP) is 3.22. The minimum atomic E-state index is -0.0414. The maximum atomic E-state index is 6.45. The molecule has 4 heteroatoms. The van der Waals surface area contributed by atoms with E-state index in [4.69, 9.17) is 4.74 Å². The third kappa shape index (κ3) is 2.12. The van der Waals surface area contributed by atoms with Crippen LogP contribution in [0.4, 0.5) is 11.4 Å². The quantitative estimate of drug-likeness (QED) is 0.924. The van der Waals surface area contributed by atoms with Crippen LogP contribution in [0.25, 0.3) is 0 Å². The maximum absolute atomic E-state index is 6.45. The number of pyridine rings is 1. The average molecular weight is 307 g/mol. The Balaban J connectivity index is 1.47. The first kappa shape index (κ1) is 13.4. The van der Waals surface area contributed by atoms with Crippen molar-refractivity contribution in [2.24, 2.45) is 5.92 Å². The summed E-state index contributed by atoms with van der Waals surface area (Å²) in [5.74, 6) is 1.51. The zero-order valence-electron chi connectivity index (χ0n) is 13.2. The second-order valence-corrected chi connectivity index (χ2v) is 7.03. The first-order valence-electron chi connectivity index (χ1n) is 8.54. The summed E-state index contributed by atoms with van der Waals surface area (Å²) in [6.45, 7) is 3.52. The zero-order valence-corrected chi connectivity index (χ0v) is 13.2. The Morgan fingerprint density at radius 2 is 1.96 bits per heavy atom. The van der Waals surface area contributed by atoms with Crippen LogP contribution in [-0.2, 0) is 6.42 Å². The van der Waals surface area contributed by atoms with Crippen LogP contribution in [0.15, 0.2) is 42.6 Å². The molecule has 6 rings (SSSR count). The standard InChI is InChI=1S/C19H21N3O/c1-2-4-15(5-3-1)21-17-6-9-20-18-16(17)12-19(23-18)13-22-10-7-14(19)8-11-22/h1-6,9,14H,7-8,10-13H2,(H,20,21). The first-order valence-corrected chi connectivity index (χ1v) is 8.54. The first-order chi connectivity index (χ1) is 11.3. The van der Waals surface area contributed by atoms with Crippen molar-refractivity contribution in [3.8, 4) is 5.88 Å². The molecule has 1 spiro atoms. The van der Waals surface area contributed by atoms with Crippen molar-refractivity contribution in [1.29, 1.82) is 0 Å². The number of benzene rings is 1. The molecule has 4 nitrogen and oxygen atoms in total. The number of hydrogen-bond donors (Lipinski definition) is 1. The fraction of sp³-hybridized carbons (Fsp3) is 0.421. The van der Waals surface area contributed by atoms with Crippen LogP contribution in [0.3, 0.4) is 0 Å². The smallest absolute Gasteiger partial charge is 0.219 e. The molecule has 118 valence electrons. The van der Waals surface area contributed by atoms with E-state index in [0.29, 0.717) is 5.92 Å². The summed E-state index contributed by atoms with van der Waals surface area (Å²) in [7, 11) is 0. The predicted molar refractivity (Wildman–Crippen MR) is 90.2 cm³/mol. The lowest BCUT2D eigenvalue weighted by Gasteiger charge is -2.50. The number of fused-ring (bicyclic) bond motifs is 3. The number of piperidine rings is 3. The van der Waals surface area contributed by atoms with E-state index in [1.54, 1.807) is 0 Å². The second kappa shape index (κ2) is 4.96. The van der Waals surface area contributed by atoms with Gasteiger partial charge in [-0.05, 0) is 44.1 Å². The number of nitrogens with zero attached hydrogens (tertiary/aromatic N) is 2. The normalized spacial score (nSPS) is 31.0. The Hall–Kier alpha value is -2.07. The van der Waals surface area contributed by atoms with E-state index in [-0.39, 0.29) is 5.60 Å². The molecule has 3 saturated heterocycles. The molecule has 4 aliphatic rings. The number of anilines is 2. The molecule has 1 aromatic heterocycles. The molecule has 0 radical (unpaired) electrons. The van der Waals surface area contributed by atoms with Crippen LogP contribution >= 0.6 is 0 Å². The van der Waals surface area contributed by atoms with E-state index in [2.05, 4.69) is 45.5 Å². The van der Waals surface area contributed by atoms with Crippen LogP contribution in [0.1, 0.15) is 18.4 Å². The number of ether oxygens (including phenoxy) is 1. The number of rotatable bonds is 2. The molecule has 23 heavy (non-hydrogen) atoms. The van der Waals surface area contributed by atoms with E-state index in [0.717, 1.165) is 30.2 Å². The molecular formula is C19H21N3O. The molecular weight excluding hydrogens is 286 g/mol. The Morgan fingerprint density at radius 1 is 1.13 bits per heavy atom. The maximum Gasteiger partial charge on any atom is 0.219 e. The van der Waals surface area contributed by atoms with Gasteiger partial charge in [0.15, 0.2) is 0 Å². The third-order valence-electron chi connectivity index (χ3n) is 5.67. The van der Waals surface area contributed by atoms with Gasteiger partial charge in [0, 0.05) is 42.0 Å². The van der Waals surface area contributed by atoms with E-state index in [9.17, 15) is 0 Å². The number of hydrogen-bond acceptors (Lipinski definition) is 4. The Bertz CT molecular complexity index is 725. The Morgan fingerprint density at radius 3 is 2.70 bits per heavy atom. The van der Waals surface area contributed by atoms with E-state index in [1.807, 2.05) is 12.3 Å². The number of aromatic nitrogens is 1. The molecule has 1 aromatic carbocycles. The van der Waals surface area contributed by atoms with Gasteiger partial charge in [-0.2, -0.15) is 0 Å². The highest BCUT2D eigenvalue weighted by Gasteiger charge is 2.52. The van der Waals surface area contributed by atoms with Gasteiger partial charge in [0.2, 0.25) is 5.88 Å². The van der Waals surface area contributed by atoms with Gasteiger partial charge in [0.05, 0.1) is 0 Å². The summed E-state index contributed by atoms with van der Waals surface area (Å²) < 4.78 is 6.45. The fourth-order valence-electron chi connectivity index (χ4n) is 4.49. The van der Waals surface area contributed by atoms with Gasteiger partial charge in [-0.15, -0.1) is 0 Å². The number of para-hydroxylation sites is 1. The van der Waals surface area contributed by atoms with Crippen LogP contribution in [-0.4, -0.2) is 35.1 Å². The molecule has 4 aliphatic heterocycles. The van der Waals surface area contributed by atoms with Crippen molar-refractivity contribution in [3.05, 3.63) is 48.2 Å². The van der Waals surface area contributed by atoms with Crippen molar-refractivity contribution in [2.75, 3.05) is 25.0 Å². The van der Waals surface area contributed by atoms with Crippen molar-refractivity contribution >= 4 is 11.4 Å². The molecule has 1 N–H and O–H groups in total. The summed E-state index contributed by atoms with van der Waals surface area (Å²) in [6.07, 6.45) is 5.35. The lowest BCUT2D eigenvalue weighted by atomic mass is 9.73. The largest absolute Gasteiger partial charge is 0.469 e. The lowest BCUT2D eigenvalue weighted by Crippen LogP contribution is -2.61. The summed E-state index contributed by atoms with van der Waals surface area (Å²) in [4.78, 5) is 7.07. The van der Waals surface area contributed by atoms with Crippen molar-refractivity contribution in [2.45, 2.75) is 24.9 Å². The van der Waals surface area contributed by atoms with Crippen LogP contribution in [0.5, 0.6) is 5.88 Å². The van der Waals surface area contributed by atoms with Gasteiger partial charge in [-0.3, -0.25) is 4.90 Å². The van der Waals surface area contributed by atoms with Gasteiger partial charge in [0.1, 0.15) is 5.60 Å². The van der Waals surface area contributed by atoms with Gasteiger partial charge >= 0.3 is 0 Å². The van der Waals surface area contributed by atoms with Crippen LogP contribution < -0.4 is 10.1 Å². The highest BCUT2D eigenvalue weighted by Crippen LogP contribution is 2.48. The average Bonchev–Trinajstić information content (AvgIpc) is 2.95. The summed E-state index contributed by atoms with van der Waals surface area (Å²) >= 11 is 0. The molecule has 1 atom stereocenters. The second-order valence-electron chi connectivity index (χ2n) is 7.03. The molecule has 0 aliphatic carbocycles. The highest BCUT2D eigenvalue weighted by molar-refractivity contribution is 5.66. The van der Waals surface area contributed by atoms with Gasteiger partial charge < -0.3 is 10.1 Å². The Labute approximate surface area is 136 Å². The third-order valence-corrected chi connectivity index (χ3v) is 5.67. The number of nitrogens with one attached hydrogen (secondary N) is 1. The molecule has 2 aromatic rings. The van der Waals surface area contributed by atoms with Gasteiger partial charge in [-0.1, -0.05) is 18.2 Å². The summed E-state index contributed by atoms with van der Waals surface area (Å²) in [6, 6.07) is 12.4. The van der Waals surface area contributed by atoms with Gasteiger partial charge in [-0.25, -0.2) is 4.98 Å². The van der Waals surface area contributed by atoms with Crippen molar-refractivity contribution in [3.63, 3.8) is 0 Å². The Kier molecular flexibility index (Phi) is 2.89. The molecule has 3 fully saturated rings. The van der Waals surface area contributed by atoms with E-state index < -0.39 is 0 Å². The monoisotopic (exact) mass is 307 g/mol.